The maximum Gasteiger partial charge on any atom is -0.00654 e. The van der Waals surface area contributed by atoms with Gasteiger partial charge in [-0.1, -0.05) is 46.3 Å². The quantitative estimate of drug-likeness (QED) is 0.410. The van der Waals surface area contributed by atoms with E-state index in [0.717, 1.165) is 6.42 Å². The third kappa shape index (κ3) is 8.27. The average Bonchev–Trinajstić information content (AvgIpc) is 2.22. The topological polar surface area (TPSA) is 0 Å². The van der Waals surface area contributed by atoms with Crippen molar-refractivity contribution in [3.63, 3.8) is 0 Å². The molecule has 0 saturated carbocycles. The van der Waals surface area contributed by atoms with E-state index in [-0.39, 0.29) is 5.41 Å². The summed E-state index contributed by atoms with van der Waals surface area (Å²) in [5.74, 6) is 0. The van der Waals surface area contributed by atoms with E-state index < -0.39 is 0 Å². The van der Waals surface area contributed by atoms with Crippen molar-refractivity contribution in [1.82, 2.24) is 0 Å². The summed E-state index contributed by atoms with van der Waals surface area (Å²) in [5, 5.41) is 0. The second-order valence-corrected chi connectivity index (χ2v) is 4.88. The smallest absolute Gasteiger partial charge is 0.00654 e. The van der Waals surface area contributed by atoms with Crippen molar-refractivity contribution in [2.24, 2.45) is 5.41 Å². The van der Waals surface area contributed by atoms with Crippen LogP contribution >= 0.6 is 0 Å². The molecule has 0 aromatic heterocycles. The predicted molar refractivity (Wildman–Crippen MR) is 70.0 cm³/mol. The zero-order valence-electron chi connectivity index (χ0n) is 11.1. The zero-order chi connectivity index (χ0) is 11.7. The summed E-state index contributed by atoms with van der Waals surface area (Å²) < 4.78 is 0. The minimum Gasteiger partial charge on any atom is -0.125 e. The largest absolute Gasteiger partial charge is 0.125 e. The first-order valence-electron chi connectivity index (χ1n) is 6.10. The fourth-order valence-corrected chi connectivity index (χ4v) is 1.02. The Hall–Kier alpha value is -0.740. The molecule has 0 atom stereocenters. The number of allylic oxidation sites excluding steroid dienone is 3. The van der Waals surface area contributed by atoms with Gasteiger partial charge in [0.05, 0.1) is 0 Å². The Kier molecular flexibility index (Phi) is 7.17. The maximum absolute atomic E-state index is 3.39. The van der Waals surface area contributed by atoms with Crippen LogP contribution in [0.4, 0.5) is 0 Å². The van der Waals surface area contributed by atoms with Gasteiger partial charge in [-0.3, -0.25) is 0 Å². The lowest BCUT2D eigenvalue weighted by molar-refractivity contribution is 0.462. The van der Waals surface area contributed by atoms with E-state index in [9.17, 15) is 0 Å². The second kappa shape index (κ2) is 7.54. The van der Waals surface area contributed by atoms with E-state index in [4.69, 9.17) is 0 Å². The summed E-state index contributed by atoms with van der Waals surface area (Å²) in [7, 11) is 0. The molecule has 0 saturated heterocycles. The molecule has 0 heterocycles. The van der Waals surface area contributed by atoms with Gasteiger partial charge in [-0.05, 0) is 43.3 Å². The molecule has 0 fully saturated rings. The molecule has 0 amide bonds. The fourth-order valence-electron chi connectivity index (χ4n) is 1.02. The lowest BCUT2D eigenvalue weighted by Crippen LogP contribution is -2.03. The highest BCUT2D eigenvalue weighted by atomic mass is 14.1. The standard InChI is InChI=1S/C15H26/c1-6-8-9-10-11-14(3)12-13-15(4,5)7-2/h9-10,13H,6-8,11H2,1-5H3. The van der Waals surface area contributed by atoms with E-state index in [0.29, 0.717) is 0 Å². The van der Waals surface area contributed by atoms with Crippen LogP contribution in [0.1, 0.15) is 60.3 Å². The van der Waals surface area contributed by atoms with Gasteiger partial charge in [-0.25, -0.2) is 0 Å². The van der Waals surface area contributed by atoms with Gasteiger partial charge in [-0.15, -0.1) is 5.73 Å². The van der Waals surface area contributed by atoms with Gasteiger partial charge in [0.1, 0.15) is 0 Å². The molecule has 0 aromatic rings. The maximum atomic E-state index is 3.39. The first-order valence-corrected chi connectivity index (χ1v) is 6.10. The molecular weight excluding hydrogens is 180 g/mol. The van der Waals surface area contributed by atoms with Crippen LogP contribution in [0, 0.1) is 5.41 Å². The van der Waals surface area contributed by atoms with Crippen molar-refractivity contribution in [3.05, 3.63) is 29.5 Å². The monoisotopic (exact) mass is 206 g/mol. The summed E-state index contributed by atoms with van der Waals surface area (Å²) >= 11 is 0. The van der Waals surface area contributed by atoms with Crippen LogP contribution in [0.2, 0.25) is 0 Å². The molecule has 0 nitrogen and oxygen atoms in total. The first kappa shape index (κ1) is 14.3. The highest BCUT2D eigenvalue weighted by molar-refractivity contribution is 5.06. The van der Waals surface area contributed by atoms with E-state index in [1.165, 1.54) is 24.8 Å². The van der Waals surface area contributed by atoms with E-state index in [1.54, 1.807) is 0 Å². The summed E-state index contributed by atoms with van der Waals surface area (Å²) in [5.41, 5.74) is 5.00. The van der Waals surface area contributed by atoms with E-state index in [2.05, 4.69) is 58.6 Å². The first-order chi connectivity index (χ1) is 7.02. The van der Waals surface area contributed by atoms with Gasteiger partial charge in [0.25, 0.3) is 0 Å². The number of hydrogen-bond acceptors (Lipinski definition) is 0. The molecule has 0 aliphatic carbocycles. The van der Waals surface area contributed by atoms with Gasteiger partial charge >= 0.3 is 0 Å². The third-order valence-corrected chi connectivity index (χ3v) is 2.67. The van der Waals surface area contributed by atoms with Gasteiger partial charge in [0.2, 0.25) is 0 Å². The van der Waals surface area contributed by atoms with Crippen LogP contribution in [-0.4, -0.2) is 0 Å². The van der Waals surface area contributed by atoms with Crippen LogP contribution < -0.4 is 0 Å². The number of hydrogen-bond donors (Lipinski definition) is 0. The molecule has 0 unspecified atom stereocenters. The molecule has 86 valence electrons. The molecule has 0 aromatic carbocycles. The molecule has 0 spiro atoms. The Bertz CT molecular complexity index is 247. The van der Waals surface area contributed by atoms with Crippen LogP contribution in [-0.2, 0) is 0 Å². The van der Waals surface area contributed by atoms with Gasteiger partial charge in [0, 0.05) is 0 Å². The molecule has 0 bridgehead atoms. The lowest BCUT2D eigenvalue weighted by atomic mass is 9.90. The zero-order valence-corrected chi connectivity index (χ0v) is 11.1. The Balaban J connectivity index is 4.19. The summed E-state index contributed by atoms with van der Waals surface area (Å²) in [6.45, 7) is 11.1. The normalized spacial score (nSPS) is 11.5. The Morgan fingerprint density at radius 2 is 1.87 bits per heavy atom. The van der Waals surface area contributed by atoms with E-state index in [1.807, 2.05) is 0 Å². The molecule has 0 radical (unpaired) electrons. The second-order valence-electron chi connectivity index (χ2n) is 4.88. The number of rotatable bonds is 6. The van der Waals surface area contributed by atoms with Gasteiger partial charge < -0.3 is 0 Å². The van der Waals surface area contributed by atoms with Crippen molar-refractivity contribution in [3.8, 4) is 0 Å². The minimum atomic E-state index is 0.286. The molecule has 0 aliphatic rings. The van der Waals surface area contributed by atoms with Gasteiger partial charge in [-0.2, -0.15) is 0 Å². The van der Waals surface area contributed by atoms with Crippen LogP contribution in [0.5, 0.6) is 0 Å². The van der Waals surface area contributed by atoms with Crippen molar-refractivity contribution in [2.45, 2.75) is 60.3 Å². The van der Waals surface area contributed by atoms with Crippen molar-refractivity contribution >= 4 is 0 Å². The average molecular weight is 206 g/mol. The highest BCUT2D eigenvalue weighted by Crippen LogP contribution is 2.20. The molecule has 0 N–H and O–H groups in total. The number of unbranched alkanes of at least 4 members (excludes halogenated alkanes) is 1. The van der Waals surface area contributed by atoms with Crippen molar-refractivity contribution < 1.29 is 0 Å². The molecule has 15 heavy (non-hydrogen) atoms. The Morgan fingerprint density at radius 3 is 2.40 bits per heavy atom. The summed E-state index contributed by atoms with van der Waals surface area (Å²) in [4.78, 5) is 0. The SMILES string of the molecule is CCCC=CCC(C)=C=CC(C)(C)CC. The molecule has 0 rings (SSSR count). The third-order valence-electron chi connectivity index (χ3n) is 2.67. The Labute approximate surface area is 95.8 Å². The highest BCUT2D eigenvalue weighted by Gasteiger charge is 2.08. The molecule has 0 heteroatoms. The van der Waals surface area contributed by atoms with Crippen molar-refractivity contribution in [2.75, 3.05) is 0 Å². The molecule has 0 aliphatic heterocycles. The molecular formula is C15H26. The fraction of sp³-hybridized carbons (Fsp3) is 0.667. The predicted octanol–water partition coefficient (Wildman–Crippen LogP) is 5.27. The van der Waals surface area contributed by atoms with Gasteiger partial charge in [0.15, 0.2) is 0 Å². The minimum absolute atomic E-state index is 0.286. The van der Waals surface area contributed by atoms with Crippen LogP contribution in [0.25, 0.3) is 0 Å². The van der Waals surface area contributed by atoms with Crippen molar-refractivity contribution in [1.29, 1.82) is 0 Å². The van der Waals surface area contributed by atoms with Crippen LogP contribution in [0.3, 0.4) is 0 Å². The lowest BCUT2D eigenvalue weighted by Gasteiger charge is -2.14. The Morgan fingerprint density at radius 1 is 1.20 bits per heavy atom. The summed E-state index contributed by atoms with van der Waals surface area (Å²) in [6.07, 6.45) is 11.3. The summed E-state index contributed by atoms with van der Waals surface area (Å²) in [6, 6.07) is 0. The van der Waals surface area contributed by atoms with E-state index >= 15 is 0 Å². The van der Waals surface area contributed by atoms with Crippen LogP contribution in [0.15, 0.2) is 29.5 Å².